The molecule has 1 aliphatic heterocycles. The van der Waals surface area contributed by atoms with Crippen LogP contribution in [0.2, 0.25) is 5.02 Å². The van der Waals surface area contributed by atoms with Crippen LogP contribution in [0.5, 0.6) is 0 Å². The van der Waals surface area contributed by atoms with E-state index < -0.39 is 11.8 Å². The van der Waals surface area contributed by atoms with E-state index in [-0.39, 0.29) is 17.3 Å². The zero-order chi connectivity index (χ0) is 18.7. The molecular weight excluding hydrogens is 374 g/mol. The molecule has 0 bridgehead atoms. The summed E-state index contributed by atoms with van der Waals surface area (Å²) in [7, 11) is 0. The summed E-state index contributed by atoms with van der Waals surface area (Å²) in [6, 6.07) is 6.97. The minimum absolute atomic E-state index is 0.184. The number of allylic oxidation sites excluding steroid dienone is 4. The van der Waals surface area contributed by atoms with E-state index in [4.69, 9.17) is 23.2 Å². The average Bonchev–Trinajstić information content (AvgIpc) is 2.95. The first-order valence-electron chi connectivity index (χ1n) is 8.61. The van der Waals surface area contributed by atoms with E-state index in [1.54, 1.807) is 24.3 Å². The third kappa shape index (κ3) is 4.03. The second kappa shape index (κ2) is 7.95. The molecule has 1 heterocycles. The number of anilines is 1. The number of carbonyl (C=O) groups excluding carboxylic acids is 1. The van der Waals surface area contributed by atoms with Gasteiger partial charge in [-0.3, -0.25) is 4.79 Å². The first-order chi connectivity index (χ1) is 12.4. The summed E-state index contributed by atoms with van der Waals surface area (Å²) in [6.07, 6.45) is 7.18. The summed E-state index contributed by atoms with van der Waals surface area (Å²) < 4.78 is 14.8. The summed E-state index contributed by atoms with van der Waals surface area (Å²) in [5, 5.41) is 7.15. The van der Waals surface area contributed by atoms with E-state index in [9.17, 15) is 9.18 Å². The SMILES string of the molecule is C=C(Cl)/C=C\C=C(/F)C1CNC2(CCC2)C1C(=O)Nc1cccc(Cl)c1. The Hall–Kier alpha value is -1.62. The van der Waals surface area contributed by atoms with E-state index in [2.05, 4.69) is 17.2 Å². The maximum absolute atomic E-state index is 14.8. The molecule has 2 N–H and O–H groups in total. The van der Waals surface area contributed by atoms with Gasteiger partial charge in [-0.1, -0.05) is 41.9 Å². The molecule has 0 aromatic heterocycles. The first kappa shape index (κ1) is 19.2. The second-order valence-electron chi connectivity index (χ2n) is 6.83. The summed E-state index contributed by atoms with van der Waals surface area (Å²) in [4.78, 5) is 13.0. The van der Waals surface area contributed by atoms with Gasteiger partial charge in [0, 0.05) is 33.7 Å². The zero-order valence-corrected chi connectivity index (χ0v) is 15.8. The lowest BCUT2D eigenvalue weighted by molar-refractivity contribution is -0.123. The Morgan fingerprint density at radius 2 is 2.19 bits per heavy atom. The fourth-order valence-electron chi connectivity index (χ4n) is 3.82. The highest BCUT2D eigenvalue weighted by Crippen LogP contribution is 2.48. The Morgan fingerprint density at radius 1 is 1.42 bits per heavy atom. The summed E-state index contributed by atoms with van der Waals surface area (Å²) in [5.74, 6) is -1.50. The lowest BCUT2D eigenvalue weighted by Gasteiger charge is -2.43. The summed E-state index contributed by atoms with van der Waals surface area (Å²) >= 11 is 11.6. The number of benzene rings is 1. The van der Waals surface area contributed by atoms with Crippen LogP contribution in [0.15, 0.2) is 59.9 Å². The lowest BCUT2D eigenvalue weighted by Crippen LogP contribution is -2.54. The van der Waals surface area contributed by atoms with Gasteiger partial charge in [0.15, 0.2) is 0 Å². The van der Waals surface area contributed by atoms with Gasteiger partial charge < -0.3 is 10.6 Å². The van der Waals surface area contributed by atoms with Gasteiger partial charge in [-0.25, -0.2) is 4.39 Å². The van der Waals surface area contributed by atoms with Crippen molar-refractivity contribution in [3.05, 3.63) is 65.0 Å². The molecule has 2 aliphatic rings. The molecule has 1 aromatic carbocycles. The Bertz CT molecular complexity index is 771. The van der Waals surface area contributed by atoms with E-state index in [0.29, 0.717) is 22.3 Å². The number of halogens is 3. The molecule has 26 heavy (non-hydrogen) atoms. The van der Waals surface area contributed by atoms with Gasteiger partial charge in [0.25, 0.3) is 0 Å². The maximum atomic E-state index is 14.8. The number of nitrogens with one attached hydrogen (secondary N) is 2. The Balaban J connectivity index is 1.81. The van der Waals surface area contributed by atoms with Crippen molar-refractivity contribution in [1.82, 2.24) is 5.32 Å². The van der Waals surface area contributed by atoms with Crippen LogP contribution in [0.1, 0.15) is 19.3 Å². The largest absolute Gasteiger partial charge is 0.326 e. The molecule has 3 nitrogen and oxygen atoms in total. The highest BCUT2D eigenvalue weighted by Gasteiger charge is 2.56. The fraction of sp³-hybridized carbons (Fsp3) is 0.350. The van der Waals surface area contributed by atoms with Crippen molar-refractivity contribution in [3.8, 4) is 0 Å². The molecule has 138 valence electrons. The average molecular weight is 395 g/mol. The molecule has 0 radical (unpaired) electrons. The van der Waals surface area contributed by atoms with Gasteiger partial charge in [-0.15, -0.1) is 0 Å². The Morgan fingerprint density at radius 3 is 2.81 bits per heavy atom. The van der Waals surface area contributed by atoms with Crippen molar-refractivity contribution < 1.29 is 9.18 Å². The molecule has 2 fully saturated rings. The smallest absolute Gasteiger partial charge is 0.230 e. The van der Waals surface area contributed by atoms with Crippen molar-refractivity contribution in [1.29, 1.82) is 0 Å². The number of rotatable bonds is 5. The number of carbonyl (C=O) groups is 1. The molecule has 2 atom stereocenters. The van der Waals surface area contributed by atoms with Crippen LogP contribution >= 0.6 is 23.2 Å². The molecule has 6 heteroatoms. The molecule has 1 spiro atoms. The van der Waals surface area contributed by atoms with Gasteiger partial charge in [-0.2, -0.15) is 0 Å². The quantitative estimate of drug-likeness (QED) is 0.673. The van der Waals surface area contributed by atoms with E-state index in [0.717, 1.165) is 19.3 Å². The molecular formula is C20H21Cl2FN2O. The van der Waals surface area contributed by atoms with Gasteiger partial charge in [0.2, 0.25) is 5.91 Å². The minimum Gasteiger partial charge on any atom is -0.326 e. The molecule has 3 rings (SSSR count). The molecule has 1 saturated heterocycles. The van der Waals surface area contributed by atoms with Crippen LogP contribution in [0, 0.1) is 11.8 Å². The van der Waals surface area contributed by atoms with E-state index >= 15 is 0 Å². The van der Waals surface area contributed by atoms with Crippen LogP contribution in [-0.4, -0.2) is 18.0 Å². The Kier molecular flexibility index (Phi) is 5.86. The number of amides is 1. The highest BCUT2D eigenvalue weighted by molar-refractivity contribution is 6.31. The number of hydrogen-bond donors (Lipinski definition) is 2. The third-order valence-electron chi connectivity index (χ3n) is 5.18. The predicted octanol–water partition coefficient (Wildman–Crippen LogP) is 5.20. The van der Waals surface area contributed by atoms with Crippen LogP contribution in [0.25, 0.3) is 0 Å². The Labute approximate surface area is 162 Å². The van der Waals surface area contributed by atoms with E-state index in [1.165, 1.54) is 18.2 Å². The van der Waals surface area contributed by atoms with Gasteiger partial charge in [0.05, 0.1) is 5.92 Å². The maximum Gasteiger partial charge on any atom is 0.230 e. The number of hydrogen-bond acceptors (Lipinski definition) is 2. The predicted molar refractivity (Wildman–Crippen MR) is 105 cm³/mol. The summed E-state index contributed by atoms with van der Waals surface area (Å²) in [5.41, 5.74) is 0.295. The van der Waals surface area contributed by atoms with Crippen molar-refractivity contribution in [3.63, 3.8) is 0 Å². The van der Waals surface area contributed by atoms with Gasteiger partial charge in [0.1, 0.15) is 5.83 Å². The molecule has 1 aromatic rings. The van der Waals surface area contributed by atoms with Crippen molar-refractivity contribution in [2.24, 2.45) is 11.8 Å². The van der Waals surface area contributed by atoms with Crippen LogP contribution in [0.3, 0.4) is 0 Å². The molecule has 1 amide bonds. The molecule has 1 aliphatic carbocycles. The van der Waals surface area contributed by atoms with Gasteiger partial charge in [-0.05, 0) is 49.6 Å². The zero-order valence-electron chi connectivity index (χ0n) is 14.3. The third-order valence-corrected chi connectivity index (χ3v) is 5.54. The van der Waals surface area contributed by atoms with Crippen LogP contribution in [-0.2, 0) is 4.79 Å². The lowest BCUT2D eigenvalue weighted by atomic mass is 9.66. The second-order valence-corrected chi connectivity index (χ2v) is 7.75. The summed E-state index contributed by atoms with van der Waals surface area (Å²) in [6.45, 7) is 3.97. The van der Waals surface area contributed by atoms with E-state index in [1.807, 2.05) is 0 Å². The van der Waals surface area contributed by atoms with Gasteiger partial charge >= 0.3 is 0 Å². The van der Waals surface area contributed by atoms with Crippen LogP contribution < -0.4 is 10.6 Å². The topological polar surface area (TPSA) is 41.1 Å². The van der Waals surface area contributed by atoms with Crippen LogP contribution in [0.4, 0.5) is 10.1 Å². The highest BCUT2D eigenvalue weighted by atomic mass is 35.5. The standard InChI is InChI=1S/C20H21Cl2FN2O/c1-13(21)5-2-8-17(23)16-12-24-20(9-4-10-20)18(16)19(26)25-15-7-3-6-14(22)11-15/h2-3,5-8,11,16,18,24H,1,4,9-10,12H2,(H,25,26)/b5-2-,17-8-. The fourth-order valence-corrected chi connectivity index (χ4v) is 4.08. The van der Waals surface area contributed by atoms with Crippen molar-refractivity contribution in [2.75, 3.05) is 11.9 Å². The molecule has 2 unspecified atom stereocenters. The normalized spacial score (nSPS) is 24.7. The first-order valence-corrected chi connectivity index (χ1v) is 9.36. The van der Waals surface area contributed by atoms with Crippen molar-refractivity contribution in [2.45, 2.75) is 24.8 Å². The monoisotopic (exact) mass is 394 g/mol. The minimum atomic E-state index is -0.511. The van der Waals surface area contributed by atoms with Crippen molar-refractivity contribution >= 4 is 34.8 Å². The molecule has 1 saturated carbocycles.